The number of carbonyl (C=O) groups excluding carboxylic acids is 2. The Labute approximate surface area is 144 Å². The van der Waals surface area contributed by atoms with Crippen molar-refractivity contribution >= 4 is 17.6 Å². The average Bonchev–Trinajstić information content (AvgIpc) is 3.07. The minimum absolute atomic E-state index is 0.158. The lowest BCUT2D eigenvalue weighted by molar-refractivity contribution is -0.149. The van der Waals surface area contributed by atoms with Gasteiger partial charge in [-0.3, -0.25) is 4.79 Å². The van der Waals surface area contributed by atoms with Crippen LogP contribution in [0.25, 0.3) is 0 Å². The maximum atomic E-state index is 11.8. The van der Waals surface area contributed by atoms with Crippen molar-refractivity contribution in [2.75, 3.05) is 25.3 Å². The molecule has 0 bridgehead atoms. The Hall–Kier alpha value is -3.22. The molecule has 2 aromatic carbocycles. The summed E-state index contributed by atoms with van der Waals surface area (Å²) in [5.41, 5.74) is 1.62. The number of fused-ring (bicyclic) bond motifs is 1. The lowest BCUT2D eigenvalue weighted by atomic mass is 10.2. The summed E-state index contributed by atoms with van der Waals surface area (Å²) in [6, 6.07) is 12.3. The zero-order chi connectivity index (χ0) is 17.6. The first-order valence-electron chi connectivity index (χ1n) is 7.65. The van der Waals surface area contributed by atoms with E-state index in [9.17, 15) is 9.59 Å². The third-order valence-electron chi connectivity index (χ3n) is 3.40. The molecule has 0 saturated heterocycles. The number of carbonyl (C=O) groups is 2. The van der Waals surface area contributed by atoms with Gasteiger partial charge in [0.05, 0.1) is 0 Å². The molecule has 0 atom stereocenters. The molecule has 0 aromatic heterocycles. The molecule has 1 aliphatic heterocycles. The van der Waals surface area contributed by atoms with Crippen LogP contribution in [0.4, 0.5) is 5.69 Å². The molecule has 0 fully saturated rings. The molecule has 25 heavy (non-hydrogen) atoms. The monoisotopic (exact) mass is 343 g/mol. The Bertz CT molecular complexity index is 772. The number of benzene rings is 2. The number of ether oxygens (including phenoxy) is 4. The van der Waals surface area contributed by atoms with E-state index in [0.717, 1.165) is 5.56 Å². The first-order valence-corrected chi connectivity index (χ1v) is 7.65. The summed E-state index contributed by atoms with van der Waals surface area (Å²) >= 11 is 0. The van der Waals surface area contributed by atoms with Crippen LogP contribution in [0.3, 0.4) is 0 Å². The van der Waals surface area contributed by atoms with Gasteiger partial charge in [-0.15, -0.1) is 0 Å². The van der Waals surface area contributed by atoms with Crippen molar-refractivity contribution in [3.63, 3.8) is 0 Å². The normalized spacial score (nSPS) is 11.7. The van der Waals surface area contributed by atoms with Crippen molar-refractivity contribution < 1.29 is 28.5 Å². The van der Waals surface area contributed by atoms with Gasteiger partial charge in [-0.1, -0.05) is 17.7 Å². The predicted octanol–water partition coefficient (Wildman–Crippen LogP) is 2.28. The molecule has 1 heterocycles. The van der Waals surface area contributed by atoms with E-state index in [0.29, 0.717) is 22.9 Å². The highest BCUT2D eigenvalue weighted by atomic mass is 16.7. The van der Waals surface area contributed by atoms with Crippen LogP contribution in [0.5, 0.6) is 17.2 Å². The summed E-state index contributed by atoms with van der Waals surface area (Å²) < 4.78 is 20.6. The van der Waals surface area contributed by atoms with E-state index >= 15 is 0 Å². The van der Waals surface area contributed by atoms with Gasteiger partial charge in [0.1, 0.15) is 5.75 Å². The van der Waals surface area contributed by atoms with Crippen LogP contribution in [0.1, 0.15) is 5.56 Å². The number of hydrogen-bond acceptors (Lipinski definition) is 6. The SMILES string of the molecule is Cc1ccc(OCC(=O)OCC(=O)Nc2ccc3c(c2)OCO3)cc1. The predicted molar refractivity (Wildman–Crippen MR) is 88.8 cm³/mol. The number of amides is 1. The van der Waals surface area contributed by atoms with E-state index in [2.05, 4.69) is 5.32 Å². The second kappa shape index (κ2) is 7.57. The second-order valence-corrected chi connectivity index (χ2v) is 5.38. The van der Waals surface area contributed by atoms with Crippen LogP contribution in [-0.2, 0) is 14.3 Å². The molecular formula is C18H17NO6. The van der Waals surface area contributed by atoms with Crippen molar-refractivity contribution in [3.05, 3.63) is 48.0 Å². The first-order chi connectivity index (χ1) is 12.1. The fourth-order valence-corrected chi connectivity index (χ4v) is 2.14. The maximum Gasteiger partial charge on any atom is 0.344 e. The summed E-state index contributed by atoms with van der Waals surface area (Å²) in [5.74, 6) is 0.662. The highest BCUT2D eigenvalue weighted by Crippen LogP contribution is 2.34. The highest BCUT2D eigenvalue weighted by Gasteiger charge is 2.15. The molecule has 3 rings (SSSR count). The Kier molecular flexibility index (Phi) is 5.03. The zero-order valence-corrected chi connectivity index (χ0v) is 13.6. The summed E-state index contributed by atoms with van der Waals surface area (Å²) in [6.45, 7) is 1.45. The lowest BCUT2D eigenvalue weighted by Gasteiger charge is -2.08. The molecule has 1 aliphatic rings. The molecule has 0 radical (unpaired) electrons. The smallest absolute Gasteiger partial charge is 0.344 e. The number of esters is 1. The minimum Gasteiger partial charge on any atom is -0.482 e. The van der Waals surface area contributed by atoms with E-state index in [1.807, 2.05) is 19.1 Å². The number of rotatable bonds is 6. The van der Waals surface area contributed by atoms with Gasteiger partial charge in [-0.25, -0.2) is 4.79 Å². The van der Waals surface area contributed by atoms with Gasteiger partial charge in [-0.2, -0.15) is 0 Å². The van der Waals surface area contributed by atoms with Crippen molar-refractivity contribution in [3.8, 4) is 17.2 Å². The highest BCUT2D eigenvalue weighted by molar-refractivity contribution is 5.93. The first kappa shape index (κ1) is 16.6. The van der Waals surface area contributed by atoms with Gasteiger partial charge in [0.25, 0.3) is 5.91 Å². The van der Waals surface area contributed by atoms with Crippen molar-refractivity contribution in [2.24, 2.45) is 0 Å². The van der Waals surface area contributed by atoms with E-state index in [1.165, 1.54) is 0 Å². The van der Waals surface area contributed by atoms with E-state index in [1.54, 1.807) is 30.3 Å². The third-order valence-corrected chi connectivity index (χ3v) is 3.40. The minimum atomic E-state index is -0.624. The summed E-state index contributed by atoms with van der Waals surface area (Å²) in [5, 5.41) is 2.61. The number of nitrogens with one attached hydrogen (secondary N) is 1. The molecule has 1 N–H and O–H groups in total. The van der Waals surface area contributed by atoms with Gasteiger partial charge in [0.2, 0.25) is 6.79 Å². The number of aryl methyl sites for hydroxylation is 1. The Balaban J connectivity index is 1.41. The van der Waals surface area contributed by atoms with E-state index in [4.69, 9.17) is 18.9 Å². The van der Waals surface area contributed by atoms with Gasteiger partial charge in [0, 0.05) is 11.8 Å². The number of hydrogen-bond donors (Lipinski definition) is 1. The quantitative estimate of drug-likeness (QED) is 0.810. The summed E-state index contributed by atoms with van der Waals surface area (Å²) in [4.78, 5) is 23.5. The van der Waals surface area contributed by atoms with Crippen molar-refractivity contribution in [1.29, 1.82) is 0 Å². The number of anilines is 1. The Morgan fingerprint density at radius 2 is 1.80 bits per heavy atom. The second-order valence-electron chi connectivity index (χ2n) is 5.38. The topological polar surface area (TPSA) is 83.1 Å². The van der Waals surface area contributed by atoms with Crippen LogP contribution >= 0.6 is 0 Å². The van der Waals surface area contributed by atoms with Crippen LogP contribution in [-0.4, -0.2) is 31.9 Å². The van der Waals surface area contributed by atoms with Crippen molar-refractivity contribution in [1.82, 2.24) is 0 Å². The van der Waals surface area contributed by atoms with Crippen LogP contribution < -0.4 is 19.5 Å². The van der Waals surface area contributed by atoms with Crippen LogP contribution in [0.15, 0.2) is 42.5 Å². The standard InChI is InChI=1S/C18H17NO6/c1-12-2-5-14(6-3-12)22-10-18(21)23-9-17(20)19-13-4-7-15-16(8-13)25-11-24-15/h2-8H,9-11H2,1H3,(H,19,20). The molecular weight excluding hydrogens is 326 g/mol. The molecule has 2 aromatic rings. The lowest BCUT2D eigenvalue weighted by Crippen LogP contribution is -2.23. The Morgan fingerprint density at radius 3 is 2.60 bits per heavy atom. The van der Waals surface area contributed by atoms with Crippen LogP contribution in [0.2, 0.25) is 0 Å². The fraction of sp³-hybridized carbons (Fsp3) is 0.222. The zero-order valence-electron chi connectivity index (χ0n) is 13.6. The molecule has 7 nitrogen and oxygen atoms in total. The molecule has 130 valence electrons. The van der Waals surface area contributed by atoms with Crippen molar-refractivity contribution in [2.45, 2.75) is 6.92 Å². The van der Waals surface area contributed by atoms with Gasteiger partial charge in [0.15, 0.2) is 24.7 Å². The molecule has 7 heteroatoms. The fourth-order valence-electron chi connectivity index (χ4n) is 2.14. The maximum absolute atomic E-state index is 11.8. The average molecular weight is 343 g/mol. The van der Waals surface area contributed by atoms with E-state index < -0.39 is 18.5 Å². The van der Waals surface area contributed by atoms with Gasteiger partial charge < -0.3 is 24.3 Å². The van der Waals surface area contributed by atoms with Crippen LogP contribution in [0, 0.1) is 6.92 Å². The van der Waals surface area contributed by atoms with Gasteiger partial charge >= 0.3 is 5.97 Å². The third kappa shape index (κ3) is 4.63. The van der Waals surface area contributed by atoms with E-state index in [-0.39, 0.29) is 13.4 Å². The molecule has 0 aliphatic carbocycles. The molecule has 0 saturated carbocycles. The molecule has 0 unspecified atom stereocenters. The molecule has 1 amide bonds. The molecule has 0 spiro atoms. The largest absolute Gasteiger partial charge is 0.482 e. The summed E-state index contributed by atoms with van der Waals surface area (Å²) in [6.07, 6.45) is 0. The Morgan fingerprint density at radius 1 is 1.04 bits per heavy atom. The van der Waals surface area contributed by atoms with Gasteiger partial charge in [-0.05, 0) is 31.2 Å². The summed E-state index contributed by atoms with van der Waals surface area (Å²) in [7, 11) is 0.